The number of alkyl halides is 3. The van der Waals surface area contributed by atoms with Crippen LogP contribution in [-0.4, -0.2) is 26.7 Å². The van der Waals surface area contributed by atoms with Crippen LogP contribution in [0.3, 0.4) is 0 Å². The van der Waals surface area contributed by atoms with Crippen molar-refractivity contribution in [3.8, 4) is 0 Å². The molecule has 0 saturated carbocycles. The maximum Gasteiger partial charge on any atom is 0.449 e. The molecule has 0 aliphatic heterocycles. The number of halogens is 5. The summed E-state index contributed by atoms with van der Waals surface area (Å²) in [4.78, 5) is 32.3. The van der Waals surface area contributed by atoms with E-state index in [0.717, 1.165) is 4.57 Å². The largest absolute Gasteiger partial charge is 0.449 e. The van der Waals surface area contributed by atoms with Crippen LogP contribution in [0.25, 0.3) is 11.0 Å². The average Bonchev–Trinajstić information content (AvgIpc) is 3.16. The first-order valence-electron chi connectivity index (χ1n) is 9.41. The van der Waals surface area contributed by atoms with Crippen molar-refractivity contribution < 1.29 is 22.8 Å². The molecule has 0 saturated heterocycles. The number of benzene rings is 2. The van der Waals surface area contributed by atoms with Gasteiger partial charge in [-0.2, -0.15) is 13.2 Å². The van der Waals surface area contributed by atoms with Gasteiger partial charge in [0, 0.05) is 18.0 Å². The topological polar surface area (TPSA) is 76.9 Å². The van der Waals surface area contributed by atoms with E-state index in [1.807, 2.05) is 0 Å². The molecule has 1 atom stereocenters. The van der Waals surface area contributed by atoms with Crippen molar-refractivity contribution in [3.05, 3.63) is 87.9 Å². The maximum atomic E-state index is 13.9. The SMILES string of the molecule is O=CC(c1cccnc1)n1c(C(F)(F)F)nc2c(NC(=O)c3c(Cl)cccc3Cl)cccc21. The molecule has 0 aliphatic carbocycles. The quantitative estimate of drug-likeness (QED) is 0.357. The van der Waals surface area contributed by atoms with Crippen molar-refractivity contribution in [1.29, 1.82) is 0 Å². The van der Waals surface area contributed by atoms with E-state index in [1.165, 1.54) is 54.9 Å². The minimum absolute atomic E-state index is 0.00595. The zero-order valence-corrected chi connectivity index (χ0v) is 18.0. The lowest BCUT2D eigenvalue weighted by Gasteiger charge is -2.18. The highest BCUT2D eigenvalue weighted by atomic mass is 35.5. The molecule has 0 radical (unpaired) electrons. The molecule has 4 rings (SSSR count). The lowest BCUT2D eigenvalue weighted by Crippen LogP contribution is -2.21. The summed E-state index contributed by atoms with van der Waals surface area (Å²) in [6.07, 6.45) is -1.76. The average molecular weight is 493 g/mol. The summed E-state index contributed by atoms with van der Waals surface area (Å²) in [6.45, 7) is 0. The van der Waals surface area contributed by atoms with Crippen LogP contribution in [0.1, 0.15) is 27.8 Å². The number of carbonyl (C=O) groups excluding carboxylic acids is 2. The minimum Gasteiger partial charge on any atom is -0.320 e. The third-order valence-corrected chi connectivity index (χ3v) is 5.47. The van der Waals surface area contributed by atoms with E-state index < -0.39 is 23.9 Å². The van der Waals surface area contributed by atoms with Gasteiger partial charge in [-0.3, -0.25) is 9.78 Å². The molecule has 1 amide bonds. The molecule has 6 nitrogen and oxygen atoms in total. The summed E-state index contributed by atoms with van der Waals surface area (Å²) in [7, 11) is 0. The van der Waals surface area contributed by atoms with Gasteiger partial charge in [-0.05, 0) is 30.3 Å². The predicted molar refractivity (Wildman–Crippen MR) is 118 cm³/mol. The van der Waals surface area contributed by atoms with Gasteiger partial charge >= 0.3 is 6.18 Å². The molecule has 1 N–H and O–H groups in total. The number of nitrogens with one attached hydrogen (secondary N) is 1. The van der Waals surface area contributed by atoms with Crippen molar-refractivity contribution >= 4 is 52.1 Å². The normalized spacial score (nSPS) is 12.5. The van der Waals surface area contributed by atoms with E-state index in [-0.39, 0.29) is 37.9 Å². The van der Waals surface area contributed by atoms with Gasteiger partial charge in [0.2, 0.25) is 5.82 Å². The van der Waals surface area contributed by atoms with Crippen molar-refractivity contribution in [3.63, 3.8) is 0 Å². The summed E-state index contributed by atoms with van der Waals surface area (Å²) < 4.78 is 42.6. The fraction of sp³-hybridized carbons (Fsp3) is 0.0909. The van der Waals surface area contributed by atoms with Crippen molar-refractivity contribution in [2.45, 2.75) is 12.2 Å². The van der Waals surface area contributed by atoms with Gasteiger partial charge in [0.25, 0.3) is 5.91 Å². The zero-order valence-electron chi connectivity index (χ0n) is 16.5. The lowest BCUT2D eigenvalue weighted by atomic mass is 10.1. The third kappa shape index (κ3) is 4.29. The fourth-order valence-corrected chi connectivity index (χ4v) is 4.01. The Balaban J connectivity index is 1.88. The maximum absolute atomic E-state index is 13.9. The smallest absolute Gasteiger partial charge is 0.320 e. The second-order valence-corrected chi connectivity index (χ2v) is 7.71. The summed E-state index contributed by atoms with van der Waals surface area (Å²) in [5, 5.41) is 2.67. The molecule has 33 heavy (non-hydrogen) atoms. The summed E-state index contributed by atoms with van der Waals surface area (Å²) in [6, 6.07) is 10.3. The molecule has 11 heteroatoms. The van der Waals surface area contributed by atoms with Gasteiger partial charge < -0.3 is 14.7 Å². The third-order valence-electron chi connectivity index (χ3n) is 4.84. The van der Waals surface area contributed by atoms with Crippen LogP contribution in [0.4, 0.5) is 18.9 Å². The molecule has 2 heterocycles. The summed E-state index contributed by atoms with van der Waals surface area (Å²) in [5.41, 5.74) is 0.0426. The van der Waals surface area contributed by atoms with Crippen LogP contribution in [0.5, 0.6) is 0 Å². The molecule has 0 spiro atoms. The molecule has 0 aliphatic rings. The molecular formula is C22H13Cl2F3N4O2. The number of hydrogen-bond donors (Lipinski definition) is 1. The standard InChI is InChI=1S/C22H13Cl2F3N4O2/c23-13-5-1-6-14(24)18(13)20(33)29-15-7-2-8-16-19(15)30-21(22(25,26)27)31(16)17(11-32)12-4-3-9-28-10-12/h1-11,17H,(H,29,33). The van der Waals surface area contributed by atoms with Crippen LogP contribution in [0.15, 0.2) is 60.9 Å². The highest BCUT2D eigenvalue weighted by molar-refractivity contribution is 6.40. The Morgan fingerprint density at radius 1 is 1.06 bits per heavy atom. The number of para-hydroxylation sites is 1. The molecule has 1 unspecified atom stereocenters. The Labute approximate surface area is 195 Å². The number of anilines is 1. The Bertz CT molecular complexity index is 1340. The number of aldehydes is 1. The van der Waals surface area contributed by atoms with Gasteiger partial charge in [0.15, 0.2) is 0 Å². The molecular weight excluding hydrogens is 480 g/mol. The van der Waals surface area contributed by atoms with Gasteiger partial charge in [0.1, 0.15) is 17.8 Å². The van der Waals surface area contributed by atoms with E-state index in [4.69, 9.17) is 23.2 Å². The Kier molecular flexibility index (Phi) is 6.09. The second kappa shape index (κ2) is 8.84. The van der Waals surface area contributed by atoms with Gasteiger partial charge in [0.05, 0.1) is 26.8 Å². The Hall–Kier alpha value is -3.43. The lowest BCUT2D eigenvalue weighted by molar-refractivity contribution is -0.147. The van der Waals surface area contributed by atoms with E-state index in [2.05, 4.69) is 15.3 Å². The molecule has 4 aromatic rings. The molecule has 0 fully saturated rings. The number of carbonyl (C=O) groups is 2. The van der Waals surface area contributed by atoms with Gasteiger partial charge in [-0.25, -0.2) is 4.98 Å². The van der Waals surface area contributed by atoms with Gasteiger partial charge in [-0.15, -0.1) is 0 Å². The second-order valence-electron chi connectivity index (χ2n) is 6.89. The van der Waals surface area contributed by atoms with Crippen LogP contribution in [-0.2, 0) is 11.0 Å². The Morgan fingerprint density at radius 3 is 2.36 bits per heavy atom. The number of imidazole rings is 1. The number of amides is 1. The van der Waals surface area contributed by atoms with E-state index in [1.54, 1.807) is 6.07 Å². The molecule has 2 aromatic carbocycles. The van der Waals surface area contributed by atoms with Crippen LogP contribution < -0.4 is 5.32 Å². The molecule has 0 bridgehead atoms. The van der Waals surface area contributed by atoms with Crippen LogP contribution in [0.2, 0.25) is 10.0 Å². The van der Waals surface area contributed by atoms with Crippen LogP contribution in [0, 0.1) is 0 Å². The first-order valence-corrected chi connectivity index (χ1v) is 10.2. The highest BCUT2D eigenvalue weighted by Gasteiger charge is 2.40. The number of nitrogens with zero attached hydrogens (tertiary/aromatic N) is 3. The number of pyridine rings is 1. The van der Waals surface area contributed by atoms with Gasteiger partial charge in [-0.1, -0.05) is 41.4 Å². The fourth-order valence-electron chi connectivity index (χ4n) is 3.44. The number of hydrogen-bond acceptors (Lipinski definition) is 4. The van der Waals surface area contributed by atoms with Crippen LogP contribution >= 0.6 is 23.2 Å². The van der Waals surface area contributed by atoms with E-state index in [0.29, 0.717) is 6.29 Å². The van der Waals surface area contributed by atoms with E-state index >= 15 is 0 Å². The number of aromatic nitrogens is 3. The highest BCUT2D eigenvalue weighted by Crippen LogP contribution is 2.37. The first kappa shape index (κ1) is 22.8. The minimum atomic E-state index is -4.88. The number of fused-ring (bicyclic) bond motifs is 1. The molecule has 2 aromatic heterocycles. The van der Waals surface area contributed by atoms with Crippen molar-refractivity contribution in [2.24, 2.45) is 0 Å². The first-order chi connectivity index (χ1) is 15.7. The summed E-state index contributed by atoms with van der Waals surface area (Å²) >= 11 is 12.1. The zero-order chi connectivity index (χ0) is 23.8. The van der Waals surface area contributed by atoms with Crippen molar-refractivity contribution in [2.75, 3.05) is 5.32 Å². The number of rotatable bonds is 5. The predicted octanol–water partition coefficient (Wildman–Crippen LogP) is 5.80. The van der Waals surface area contributed by atoms with Crippen molar-refractivity contribution in [1.82, 2.24) is 14.5 Å². The Morgan fingerprint density at radius 2 is 1.76 bits per heavy atom. The summed E-state index contributed by atoms with van der Waals surface area (Å²) in [5.74, 6) is -2.02. The molecule has 168 valence electrons. The van der Waals surface area contributed by atoms with E-state index in [9.17, 15) is 22.8 Å². The monoisotopic (exact) mass is 492 g/mol.